The van der Waals surface area contributed by atoms with Crippen molar-refractivity contribution in [1.82, 2.24) is 9.55 Å². The van der Waals surface area contributed by atoms with Gasteiger partial charge >= 0.3 is 0 Å². The van der Waals surface area contributed by atoms with Crippen molar-refractivity contribution in [3.05, 3.63) is 29.6 Å². The van der Waals surface area contributed by atoms with Gasteiger partial charge in [0.25, 0.3) is 0 Å². The minimum Gasteiger partial charge on any atom is -0.331 e. The van der Waals surface area contributed by atoms with Crippen molar-refractivity contribution in [3.63, 3.8) is 0 Å². The molecular weight excluding hydrogens is 210 g/mol. The molecule has 0 N–H and O–H groups in total. The topological polar surface area (TPSA) is 41.6 Å². The number of hydrogen-bond donors (Lipinski definition) is 0. The van der Waals surface area contributed by atoms with E-state index in [9.17, 15) is 0 Å². The van der Waals surface area contributed by atoms with Crippen LogP contribution in [0, 0.1) is 11.3 Å². The number of hydrogen-bond acceptors (Lipinski definition) is 2. The molecule has 1 aromatic carbocycles. The predicted octanol–water partition coefficient (Wildman–Crippen LogP) is 3.10. The molecule has 0 aliphatic heterocycles. The predicted molar refractivity (Wildman–Crippen MR) is 66.6 cm³/mol. The number of rotatable bonds is 1. The van der Waals surface area contributed by atoms with Crippen LogP contribution in [-0.4, -0.2) is 9.55 Å². The van der Waals surface area contributed by atoms with E-state index in [4.69, 9.17) is 10.2 Å². The van der Waals surface area contributed by atoms with Crippen molar-refractivity contribution in [2.45, 2.75) is 31.6 Å². The van der Waals surface area contributed by atoms with Crippen molar-refractivity contribution < 1.29 is 0 Å². The molecule has 3 nitrogen and oxygen atoms in total. The van der Waals surface area contributed by atoms with Crippen molar-refractivity contribution >= 4 is 11.0 Å². The Hall–Kier alpha value is -1.82. The maximum Gasteiger partial charge on any atom is 0.112 e. The first kappa shape index (κ1) is 10.3. The number of imidazole rings is 1. The highest BCUT2D eigenvalue weighted by Crippen LogP contribution is 2.34. The molecule has 1 aliphatic rings. The van der Waals surface area contributed by atoms with E-state index < -0.39 is 0 Å². The Kier molecular flexibility index (Phi) is 2.36. The molecule has 3 rings (SSSR count). The van der Waals surface area contributed by atoms with E-state index in [1.165, 1.54) is 31.5 Å². The second kappa shape index (κ2) is 3.89. The van der Waals surface area contributed by atoms with Crippen molar-refractivity contribution in [2.24, 2.45) is 7.05 Å². The molecule has 1 heterocycles. The summed E-state index contributed by atoms with van der Waals surface area (Å²) in [5.74, 6) is 1.80. The lowest BCUT2D eigenvalue weighted by Crippen LogP contribution is -2.02. The summed E-state index contributed by atoms with van der Waals surface area (Å²) in [6.07, 6.45) is 5.14. The number of aryl methyl sites for hydroxylation is 1. The highest BCUT2D eigenvalue weighted by atomic mass is 15.1. The van der Waals surface area contributed by atoms with E-state index in [1.807, 2.05) is 18.2 Å². The number of nitriles is 1. The fourth-order valence-electron chi connectivity index (χ4n) is 2.83. The first-order valence-corrected chi connectivity index (χ1v) is 6.16. The molecule has 1 aliphatic carbocycles. The largest absolute Gasteiger partial charge is 0.331 e. The summed E-state index contributed by atoms with van der Waals surface area (Å²) < 4.78 is 2.16. The molecule has 1 aromatic heterocycles. The molecule has 0 bridgehead atoms. The van der Waals surface area contributed by atoms with Crippen LogP contribution in [0.25, 0.3) is 11.0 Å². The van der Waals surface area contributed by atoms with Crippen LogP contribution >= 0.6 is 0 Å². The van der Waals surface area contributed by atoms with Crippen molar-refractivity contribution in [2.75, 3.05) is 0 Å². The number of fused-ring (bicyclic) bond motifs is 1. The lowest BCUT2D eigenvalue weighted by atomic mass is 10.1. The van der Waals surface area contributed by atoms with E-state index in [2.05, 4.69) is 17.7 Å². The summed E-state index contributed by atoms with van der Waals surface area (Å²) in [5, 5.41) is 8.93. The molecule has 0 atom stereocenters. The zero-order valence-electron chi connectivity index (χ0n) is 9.98. The SMILES string of the molecule is Cn1c(C2CCCC2)nc2ccc(C#N)cc21. The van der Waals surface area contributed by atoms with Crippen LogP contribution in [0.4, 0.5) is 0 Å². The molecular formula is C14H15N3. The lowest BCUT2D eigenvalue weighted by molar-refractivity contribution is 0.639. The van der Waals surface area contributed by atoms with E-state index in [0.29, 0.717) is 11.5 Å². The van der Waals surface area contributed by atoms with Gasteiger partial charge in [0.2, 0.25) is 0 Å². The van der Waals surface area contributed by atoms with Gasteiger partial charge < -0.3 is 4.57 Å². The summed E-state index contributed by atoms with van der Waals surface area (Å²) in [5.41, 5.74) is 2.79. The Balaban J connectivity index is 2.15. The molecule has 0 unspecified atom stereocenters. The zero-order valence-corrected chi connectivity index (χ0v) is 9.98. The highest BCUT2D eigenvalue weighted by molar-refractivity contribution is 5.77. The van der Waals surface area contributed by atoms with Crippen molar-refractivity contribution in [1.29, 1.82) is 5.26 Å². The van der Waals surface area contributed by atoms with E-state index in [1.54, 1.807) is 0 Å². The highest BCUT2D eigenvalue weighted by Gasteiger charge is 2.22. The molecule has 0 amide bonds. The molecule has 17 heavy (non-hydrogen) atoms. The van der Waals surface area contributed by atoms with Gasteiger partial charge in [-0.05, 0) is 31.0 Å². The van der Waals surface area contributed by atoms with E-state index in [0.717, 1.165) is 11.0 Å². The molecule has 0 saturated heterocycles. The monoisotopic (exact) mass is 225 g/mol. The molecule has 1 fully saturated rings. The third-order valence-corrected chi connectivity index (χ3v) is 3.76. The van der Waals surface area contributed by atoms with Gasteiger partial charge in [0, 0.05) is 13.0 Å². The average Bonchev–Trinajstić information content (AvgIpc) is 2.97. The zero-order chi connectivity index (χ0) is 11.8. The number of aromatic nitrogens is 2. The van der Waals surface area contributed by atoms with Crippen LogP contribution in [0.2, 0.25) is 0 Å². The summed E-state index contributed by atoms with van der Waals surface area (Å²) >= 11 is 0. The van der Waals surface area contributed by atoms with Crippen LogP contribution in [0.3, 0.4) is 0 Å². The molecule has 3 heteroatoms. The third kappa shape index (κ3) is 1.61. The number of benzene rings is 1. The van der Waals surface area contributed by atoms with E-state index >= 15 is 0 Å². The van der Waals surface area contributed by atoms with Gasteiger partial charge in [0.1, 0.15) is 5.82 Å². The lowest BCUT2D eigenvalue weighted by Gasteiger charge is -2.08. The summed E-state index contributed by atoms with van der Waals surface area (Å²) in [4.78, 5) is 4.72. The Morgan fingerprint density at radius 3 is 2.82 bits per heavy atom. The minimum atomic E-state index is 0.609. The van der Waals surface area contributed by atoms with Crippen molar-refractivity contribution in [3.8, 4) is 6.07 Å². The van der Waals surface area contributed by atoms with Crippen LogP contribution in [0.15, 0.2) is 18.2 Å². The molecule has 2 aromatic rings. The fraction of sp³-hybridized carbons (Fsp3) is 0.429. The Labute approximate surface area is 101 Å². The minimum absolute atomic E-state index is 0.609. The van der Waals surface area contributed by atoms with Gasteiger partial charge in [0.15, 0.2) is 0 Å². The van der Waals surface area contributed by atoms with Gasteiger partial charge in [-0.2, -0.15) is 5.26 Å². The van der Waals surface area contributed by atoms with Crippen LogP contribution < -0.4 is 0 Å². The number of nitrogens with zero attached hydrogens (tertiary/aromatic N) is 3. The van der Waals surface area contributed by atoms with Gasteiger partial charge in [0.05, 0.1) is 22.7 Å². The molecule has 86 valence electrons. The quantitative estimate of drug-likeness (QED) is 0.748. The Bertz CT molecular complexity index is 598. The van der Waals surface area contributed by atoms with Gasteiger partial charge in [-0.15, -0.1) is 0 Å². The summed E-state index contributed by atoms with van der Waals surface area (Å²) in [7, 11) is 2.06. The second-order valence-electron chi connectivity index (χ2n) is 4.83. The maximum atomic E-state index is 8.93. The average molecular weight is 225 g/mol. The standard InChI is InChI=1S/C14H15N3/c1-17-13-8-10(9-15)6-7-12(13)16-14(17)11-4-2-3-5-11/h6-8,11H,2-5H2,1H3. The van der Waals surface area contributed by atoms with E-state index in [-0.39, 0.29) is 0 Å². The van der Waals surface area contributed by atoms with Crippen LogP contribution in [0.5, 0.6) is 0 Å². The second-order valence-corrected chi connectivity index (χ2v) is 4.83. The Morgan fingerprint density at radius 2 is 2.12 bits per heavy atom. The smallest absolute Gasteiger partial charge is 0.112 e. The summed E-state index contributed by atoms with van der Waals surface area (Å²) in [6.45, 7) is 0. The van der Waals surface area contributed by atoms with Gasteiger partial charge in [-0.3, -0.25) is 0 Å². The third-order valence-electron chi connectivity index (χ3n) is 3.76. The summed E-state index contributed by atoms with van der Waals surface area (Å²) in [6, 6.07) is 7.91. The molecule has 0 spiro atoms. The first-order valence-electron chi connectivity index (χ1n) is 6.16. The van der Waals surface area contributed by atoms with Gasteiger partial charge in [-0.25, -0.2) is 4.98 Å². The normalized spacial score (nSPS) is 16.5. The maximum absolute atomic E-state index is 8.93. The molecule has 0 radical (unpaired) electrons. The van der Waals surface area contributed by atoms with Crippen LogP contribution in [0.1, 0.15) is 43.0 Å². The fourth-order valence-corrected chi connectivity index (χ4v) is 2.83. The van der Waals surface area contributed by atoms with Crippen LogP contribution in [-0.2, 0) is 7.05 Å². The first-order chi connectivity index (χ1) is 8.29. The van der Waals surface area contributed by atoms with Gasteiger partial charge in [-0.1, -0.05) is 12.8 Å². The molecule has 1 saturated carbocycles. The Morgan fingerprint density at radius 1 is 1.35 bits per heavy atom.